The van der Waals surface area contributed by atoms with E-state index in [4.69, 9.17) is 0 Å². The Bertz CT molecular complexity index is 2730. The van der Waals surface area contributed by atoms with Crippen LogP contribution in [-0.4, -0.2) is 0 Å². The van der Waals surface area contributed by atoms with Crippen molar-refractivity contribution in [3.8, 4) is 22.3 Å². The predicted octanol–water partition coefficient (Wildman–Crippen LogP) is 13.0. The molecule has 2 aliphatic rings. The van der Waals surface area contributed by atoms with Crippen LogP contribution >= 0.6 is 0 Å². The molecule has 50 heavy (non-hydrogen) atoms. The lowest BCUT2D eigenvalue weighted by atomic mass is 9.69. The van der Waals surface area contributed by atoms with Gasteiger partial charge in [0.05, 0.1) is 5.41 Å². The molecule has 0 fully saturated rings. The van der Waals surface area contributed by atoms with Crippen LogP contribution in [0.2, 0.25) is 0 Å². The van der Waals surface area contributed by atoms with Gasteiger partial charge in [0.1, 0.15) is 0 Å². The Labute approximate surface area is 291 Å². The van der Waals surface area contributed by atoms with Gasteiger partial charge in [0.2, 0.25) is 0 Å². The van der Waals surface area contributed by atoms with E-state index in [1.807, 2.05) is 0 Å². The predicted molar refractivity (Wildman–Crippen MR) is 210 cm³/mol. The number of hydrogen-bond donors (Lipinski definition) is 0. The van der Waals surface area contributed by atoms with Gasteiger partial charge >= 0.3 is 0 Å². The highest BCUT2D eigenvalue weighted by molar-refractivity contribution is 6.23. The van der Waals surface area contributed by atoms with Crippen LogP contribution in [-0.2, 0) is 5.41 Å². The molecule has 11 rings (SSSR count). The van der Waals surface area contributed by atoms with Crippen LogP contribution in [0.3, 0.4) is 0 Å². The third-order valence-corrected chi connectivity index (χ3v) is 11.2. The van der Waals surface area contributed by atoms with Crippen LogP contribution in [0.25, 0.3) is 54.6 Å². The second-order valence-electron chi connectivity index (χ2n) is 13.6. The molecule has 232 valence electrons. The first-order valence-electron chi connectivity index (χ1n) is 17.5. The fourth-order valence-electron chi connectivity index (χ4n) is 9.35. The van der Waals surface area contributed by atoms with Gasteiger partial charge in [0, 0.05) is 17.1 Å². The van der Waals surface area contributed by atoms with Crippen LogP contribution in [0.15, 0.2) is 188 Å². The zero-order valence-electron chi connectivity index (χ0n) is 27.3. The van der Waals surface area contributed by atoms with Crippen molar-refractivity contribution in [1.29, 1.82) is 0 Å². The van der Waals surface area contributed by atoms with Gasteiger partial charge in [0.15, 0.2) is 0 Å². The number of hydrogen-bond acceptors (Lipinski definition) is 1. The highest BCUT2D eigenvalue weighted by atomic mass is 15.1. The maximum Gasteiger partial charge on any atom is 0.0732 e. The van der Waals surface area contributed by atoms with Crippen molar-refractivity contribution in [2.45, 2.75) is 5.41 Å². The zero-order chi connectivity index (χ0) is 32.8. The van der Waals surface area contributed by atoms with Gasteiger partial charge in [0.25, 0.3) is 0 Å². The van der Waals surface area contributed by atoms with E-state index < -0.39 is 5.41 Å². The highest BCUT2D eigenvalue weighted by Crippen LogP contribution is 2.66. The van der Waals surface area contributed by atoms with Gasteiger partial charge < -0.3 is 4.90 Å². The summed E-state index contributed by atoms with van der Waals surface area (Å²) in [4.78, 5) is 2.37. The van der Waals surface area contributed by atoms with Crippen molar-refractivity contribution in [3.63, 3.8) is 0 Å². The van der Waals surface area contributed by atoms with E-state index >= 15 is 0 Å². The minimum absolute atomic E-state index is 0.454. The van der Waals surface area contributed by atoms with Crippen LogP contribution in [0.4, 0.5) is 17.1 Å². The molecule has 2 aliphatic carbocycles. The van der Waals surface area contributed by atoms with Crippen LogP contribution in [0, 0.1) is 0 Å². The van der Waals surface area contributed by atoms with E-state index in [1.165, 1.54) is 76.8 Å². The van der Waals surface area contributed by atoms with E-state index in [0.717, 1.165) is 17.1 Å². The normalized spacial score (nSPS) is 13.4. The fraction of sp³-hybridized carbons (Fsp3) is 0.0204. The standard InChI is InChI=1S/C49H31N/c1-3-16-33(17-4-1)50(34-18-5-2-6-19-34)35-28-29-41-42(31-35)37-21-9-10-24-40(37)47-46-36-20-8-7-15-32(36)27-30-45(46)49(48(41)47)43-25-13-11-22-38(43)39-23-12-14-26-44(39)49/h1-31H. The van der Waals surface area contributed by atoms with Gasteiger partial charge in [-0.2, -0.15) is 0 Å². The summed E-state index contributed by atoms with van der Waals surface area (Å²) in [5.41, 5.74) is 13.8. The summed E-state index contributed by atoms with van der Waals surface area (Å²) in [6.07, 6.45) is 0. The third kappa shape index (κ3) is 3.51. The van der Waals surface area contributed by atoms with Gasteiger partial charge in [-0.3, -0.25) is 0 Å². The number of benzene rings is 9. The molecule has 0 aliphatic heterocycles. The lowest BCUT2D eigenvalue weighted by Gasteiger charge is -2.32. The van der Waals surface area contributed by atoms with Gasteiger partial charge in [-0.25, -0.2) is 0 Å². The topological polar surface area (TPSA) is 3.24 Å². The molecule has 1 heteroatoms. The Morgan fingerprint density at radius 3 is 1.56 bits per heavy atom. The molecular formula is C49H31N. The number of nitrogens with zero attached hydrogens (tertiary/aromatic N) is 1. The summed E-state index contributed by atoms with van der Waals surface area (Å²) in [6.45, 7) is 0. The molecule has 0 aromatic heterocycles. The van der Waals surface area contributed by atoms with Gasteiger partial charge in [-0.05, 0) is 113 Å². The summed E-state index contributed by atoms with van der Waals surface area (Å²) in [5.74, 6) is 0. The lowest BCUT2D eigenvalue weighted by Crippen LogP contribution is -2.26. The largest absolute Gasteiger partial charge is 0.310 e. The van der Waals surface area contributed by atoms with E-state index in [9.17, 15) is 0 Å². The van der Waals surface area contributed by atoms with E-state index in [0.29, 0.717) is 0 Å². The molecule has 0 heterocycles. The van der Waals surface area contributed by atoms with Crippen molar-refractivity contribution in [1.82, 2.24) is 0 Å². The molecule has 1 nitrogen and oxygen atoms in total. The Hall–Kier alpha value is -6.44. The van der Waals surface area contributed by atoms with Crippen molar-refractivity contribution in [2.75, 3.05) is 4.90 Å². The van der Waals surface area contributed by atoms with Crippen molar-refractivity contribution < 1.29 is 0 Å². The highest BCUT2D eigenvalue weighted by Gasteiger charge is 2.53. The first-order valence-corrected chi connectivity index (χ1v) is 17.5. The smallest absolute Gasteiger partial charge is 0.0732 e. The molecule has 9 aromatic carbocycles. The minimum Gasteiger partial charge on any atom is -0.310 e. The molecule has 0 saturated heterocycles. The second kappa shape index (κ2) is 10.3. The van der Waals surface area contributed by atoms with E-state index in [2.05, 4.69) is 193 Å². The third-order valence-electron chi connectivity index (χ3n) is 11.2. The summed E-state index contributed by atoms with van der Waals surface area (Å²) < 4.78 is 0. The summed E-state index contributed by atoms with van der Waals surface area (Å²) in [6, 6.07) is 69.6. The van der Waals surface area contributed by atoms with E-state index in [1.54, 1.807) is 0 Å². The average Bonchev–Trinajstić information content (AvgIpc) is 3.67. The summed E-state index contributed by atoms with van der Waals surface area (Å²) in [7, 11) is 0. The summed E-state index contributed by atoms with van der Waals surface area (Å²) >= 11 is 0. The molecule has 0 bridgehead atoms. The van der Waals surface area contributed by atoms with Crippen LogP contribution in [0.1, 0.15) is 22.3 Å². The number of rotatable bonds is 3. The first kappa shape index (κ1) is 27.5. The lowest BCUT2D eigenvalue weighted by molar-refractivity contribution is 0.802. The second-order valence-corrected chi connectivity index (χ2v) is 13.6. The first-order chi connectivity index (χ1) is 24.8. The fourth-order valence-corrected chi connectivity index (χ4v) is 9.35. The Morgan fingerprint density at radius 1 is 0.320 bits per heavy atom. The molecular weight excluding hydrogens is 603 g/mol. The Morgan fingerprint density at radius 2 is 0.880 bits per heavy atom. The molecule has 0 amide bonds. The maximum absolute atomic E-state index is 2.43. The monoisotopic (exact) mass is 633 g/mol. The van der Waals surface area contributed by atoms with Crippen LogP contribution < -0.4 is 4.90 Å². The Balaban J connectivity index is 1.33. The molecule has 1 spiro atoms. The maximum atomic E-state index is 2.43. The molecule has 0 saturated carbocycles. The zero-order valence-corrected chi connectivity index (χ0v) is 27.3. The van der Waals surface area contributed by atoms with Crippen molar-refractivity contribution >= 4 is 49.4 Å². The minimum atomic E-state index is -0.454. The van der Waals surface area contributed by atoms with E-state index in [-0.39, 0.29) is 0 Å². The number of fused-ring (bicyclic) bond motifs is 17. The summed E-state index contributed by atoms with van der Waals surface area (Å²) in [5, 5.41) is 7.73. The number of para-hydroxylation sites is 2. The average molecular weight is 634 g/mol. The van der Waals surface area contributed by atoms with Gasteiger partial charge in [-0.1, -0.05) is 152 Å². The molecule has 0 radical (unpaired) electrons. The SMILES string of the molecule is c1ccc(N(c2ccccc2)c2ccc3c4c(c5ccccc5c3c2)-c2c(ccc3ccccc23)C42c3ccccc3-c3ccccc32)cc1. The quantitative estimate of drug-likeness (QED) is 0.175. The molecule has 0 N–H and O–H groups in total. The molecule has 9 aromatic rings. The Kier molecular flexibility index (Phi) is 5.66. The van der Waals surface area contributed by atoms with Crippen LogP contribution in [0.5, 0.6) is 0 Å². The molecule has 0 unspecified atom stereocenters. The van der Waals surface area contributed by atoms with Gasteiger partial charge in [-0.15, -0.1) is 0 Å². The van der Waals surface area contributed by atoms with Crippen molar-refractivity contribution in [2.24, 2.45) is 0 Å². The molecule has 0 atom stereocenters. The van der Waals surface area contributed by atoms with Crippen molar-refractivity contribution in [3.05, 3.63) is 210 Å². The number of anilines is 3.